The zero-order valence-corrected chi connectivity index (χ0v) is 17.8. The van der Waals surface area contributed by atoms with Crippen LogP contribution in [0.15, 0.2) is 29.9 Å². The molecule has 1 fully saturated rings. The van der Waals surface area contributed by atoms with Gasteiger partial charge in [0.15, 0.2) is 5.82 Å². The van der Waals surface area contributed by atoms with Crippen LogP contribution in [0.3, 0.4) is 0 Å². The first-order chi connectivity index (χ1) is 15.0. The zero-order valence-electron chi connectivity index (χ0n) is 17.8. The molecule has 0 spiro atoms. The van der Waals surface area contributed by atoms with Crippen molar-refractivity contribution in [3.8, 4) is 11.8 Å². The minimum absolute atomic E-state index is 0.0567. The second-order valence-electron chi connectivity index (χ2n) is 7.99. The SMILES string of the molecule is CCC1=C(CC)c2cc(Nc3nn([C@@H]4CCC[C@H]4C#N)cc3C(N)=O)ccc2OB1O. The molecular formula is C22H26BN5O3. The van der Waals surface area contributed by atoms with Crippen LogP contribution in [0, 0.1) is 17.2 Å². The highest BCUT2D eigenvalue weighted by Gasteiger charge is 2.32. The molecule has 1 aromatic carbocycles. The fourth-order valence-corrected chi connectivity index (χ4v) is 4.64. The quantitative estimate of drug-likeness (QED) is 0.615. The highest BCUT2D eigenvalue weighted by Crippen LogP contribution is 2.40. The number of fused-ring (bicyclic) bond motifs is 1. The molecule has 31 heavy (non-hydrogen) atoms. The molecule has 1 saturated carbocycles. The molecule has 1 aromatic heterocycles. The summed E-state index contributed by atoms with van der Waals surface area (Å²) >= 11 is 0. The van der Waals surface area contributed by atoms with Crippen molar-refractivity contribution in [3.05, 3.63) is 41.0 Å². The van der Waals surface area contributed by atoms with Crippen molar-refractivity contribution in [2.24, 2.45) is 11.7 Å². The molecule has 4 rings (SSSR count). The molecule has 0 bridgehead atoms. The first-order valence-corrected chi connectivity index (χ1v) is 10.7. The summed E-state index contributed by atoms with van der Waals surface area (Å²) in [5.74, 6) is 0.290. The van der Waals surface area contributed by atoms with E-state index in [-0.39, 0.29) is 17.5 Å². The van der Waals surface area contributed by atoms with E-state index in [1.54, 1.807) is 16.9 Å². The van der Waals surface area contributed by atoms with Crippen LogP contribution in [0.4, 0.5) is 11.5 Å². The number of nitrogens with zero attached hydrogens (tertiary/aromatic N) is 3. The predicted octanol–water partition coefficient (Wildman–Crippen LogP) is 3.58. The van der Waals surface area contributed by atoms with Crippen LogP contribution in [0.1, 0.15) is 67.9 Å². The second-order valence-corrected chi connectivity index (χ2v) is 7.99. The maximum atomic E-state index is 12.0. The molecule has 160 valence electrons. The van der Waals surface area contributed by atoms with Gasteiger partial charge in [-0.25, -0.2) is 0 Å². The highest BCUT2D eigenvalue weighted by molar-refractivity contribution is 6.55. The third-order valence-electron chi connectivity index (χ3n) is 6.21. The average Bonchev–Trinajstić information content (AvgIpc) is 3.39. The summed E-state index contributed by atoms with van der Waals surface area (Å²) in [5.41, 5.74) is 9.46. The predicted molar refractivity (Wildman–Crippen MR) is 119 cm³/mol. The summed E-state index contributed by atoms with van der Waals surface area (Å²) in [6.07, 6.45) is 5.73. The van der Waals surface area contributed by atoms with Crippen LogP contribution in [-0.2, 0) is 0 Å². The Kier molecular flexibility index (Phi) is 5.74. The van der Waals surface area contributed by atoms with Gasteiger partial charge in [0.1, 0.15) is 11.3 Å². The van der Waals surface area contributed by atoms with Crippen molar-refractivity contribution in [1.29, 1.82) is 5.26 Å². The van der Waals surface area contributed by atoms with Crippen LogP contribution in [0.2, 0.25) is 0 Å². The maximum Gasteiger partial charge on any atom is 0.556 e. The van der Waals surface area contributed by atoms with Crippen molar-refractivity contribution in [1.82, 2.24) is 9.78 Å². The van der Waals surface area contributed by atoms with Gasteiger partial charge < -0.3 is 20.7 Å². The molecule has 9 heteroatoms. The lowest BCUT2D eigenvalue weighted by molar-refractivity contribution is 0.100. The monoisotopic (exact) mass is 419 g/mol. The lowest BCUT2D eigenvalue weighted by Crippen LogP contribution is -2.29. The molecule has 2 atom stereocenters. The second kappa shape index (κ2) is 8.48. The van der Waals surface area contributed by atoms with Crippen molar-refractivity contribution >= 4 is 30.1 Å². The van der Waals surface area contributed by atoms with E-state index in [4.69, 9.17) is 10.4 Å². The maximum absolute atomic E-state index is 12.0. The van der Waals surface area contributed by atoms with Crippen molar-refractivity contribution < 1.29 is 14.5 Å². The van der Waals surface area contributed by atoms with Crippen LogP contribution in [-0.4, -0.2) is 27.8 Å². The molecule has 2 heterocycles. The highest BCUT2D eigenvalue weighted by atomic mass is 16.5. The van der Waals surface area contributed by atoms with Gasteiger partial charge >= 0.3 is 7.12 Å². The number of amides is 1. The van der Waals surface area contributed by atoms with E-state index in [0.717, 1.165) is 48.0 Å². The number of carbonyl (C=O) groups excluding carboxylic acids is 1. The van der Waals surface area contributed by atoms with Crippen LogP contribution in [0.25, 0.3) is 5.57 Å². The fourth-order valence-electron chi connectivity index (χ4n) is 4.64. The molecule has 1 aliphatic heterocycles. The van der Waals surface area contributed by atoms with Crippen molar-refractivity contribution in [2.45, 2.75) is 52.0 Å². The van der Waals surface area contributed by atoms with E-state index in [9.17, 15) is 15.1 Å². The summed E-state index contributed by atoms with van der Waals surface area (Å²) in [7, 11) is -0.928. The van der Waals surface area contributed by atoms with Gasteiger partial charge in [-0.1, -0.05) is 13.8 Å². The number of nitrogens with one attached hydrogen (secondary N) is 1. The number of primary amides is 1. The molecule has 2 aromatic rings. The molecular weight excluding hydrogens is 393 g/mol. The summed E-state index contributed by atoms with van der Waals surface area (Å²) < 4.78 is 7.38. The molecule has 0 saturated heterocycles. The topological polar surface area (TPSA) is 126 Å². The number of hydrogen-bond acceptors (Lipinski definition) is 6. The molecule has 0 unspecified atom stereocenters. The van der Waals surface area contributed by atoms with Gasteiger partial charge in [-0.05, 0) is 61.3 Å². The number of hydrogen-bond donors (Lipinski definition) is 3. The minimum Gasteiger partial charge on any atom is -0.532 e. The van der Waals surface area contributed by atoms with Gasteiger partial charge in [-0.3, -0.25) is 9.48 Å². The Balaban J connectivity index is 1.69. The summed E-state index contributed by atoms with van der Waals surface area (Å²) in [6, 6.07) is 7.83. The number of anilines is 2. The summed E-state index contributed by atoms with van der Waals surface area (Å²) in [4.78, 5) is 12.0. The lowest BCUT2D eigenvalue weighted by atomic mass is 9.70. The Morgan fingerprint density at radius 3 is 2.90 bits per heavy atom. The van der Waals surface area contributed by atoms with Gasteiger partial charge in [0.05, 0.1) is 18.0 Å². The summed E-state index contributed by atoms with van der Waals surface area (Å²) in [5, 5.41) is 27.5. The average molecular weight is 419 g/mol. The Morgan fingerprint density at radius 2 is 2.23 bits per heavy atom. The number of nitriles is 1. The zero-order chi connectivity index (χ0) is 22.1. The molecule has 2 aliphatic rings. The van der Waals surface area contributed by atoms with Gasteiger partial charge in [0.25, 0.3) is 5.91 Å². The Hall–Kier alpha value is -3.25. The van der Waals surface area contributed by atoms with Crippen molar-refractivity contribution in [2.75, 3.05) is 5.32 Å². The summed E-state index contributed by atoms with van der Waals surface area (Å²) in [6.45, 7) is 4.04. The fraction of sp³-hybridized carbons (Fsp3) is 0.409. The smallest absolute Gasteiger partial charge is 0.532 e. The number of benzene rings is 1. The molecule has 8 nitrogen and oxygen atoms in total. The van der Waals surface area contributed by atoms with E-state index < -0.39 is 13.0 Å². The lowest BCUT2D eigenvalue weighted by Gasteiger charge is -2.25. The van der Waals surface area contributed by atoms with E-state index in [2.05, 4.69) is 16.5 Å². The number of carbonyl (C=O) groups is 1. The molecule has 1 amide bonds. The Labute approximate surface area is 181 Å². The third-order valence-corrected chi connectivity index (χ3v) is 6.21. The number of rotatable bonds is 6. The first-order valence-electron chi connectivity index (χ1n) is 10.7. The normalized spacial score (nSPS) is 20.3. The van der Waals surface area contributed by atoms with E-state index >= 15 is 0 Å². The van der Waals surface area contributed by atoms with Crippen LogP contribution >= 0.6 is 0 Å². The van der Waals surface area contributed by atoms with Gasteiger partial charge in [0.2, 0.25) is 0 Å². The minimum atomic E-state index is -0.928. The standard InChI is InChI=1S/C22H26BN5O3/c1-3-15-16-10-14(8-9-20(16)31-23(30)18(15)4-2)26-22-17(21(25)29)12-28(27-22)19-7-5-6-13(19)11-24/h8-10,12-13,19,30H,3-7H2,1-2H3,(H2,25,29)(H,26,27)/t13-,19+/m0/s1. The number of aromatic nitrogens is 2. The van der Waals surface area contributed by atoms with Crippen LogP contribution in [0.5, 0.6) is 5.75 Å². The van der Waals surface area contributed by atoms with Gasteiger partial charge in [-0.2, -0.15) is 10.4 Å². The number of allylic oxidation sites excluding steroid dienone is 2. The van der Waals surface area contributed by atoms with Crippen molar-refractivity contribution in [3.63, 3.8) is 0 Å². The van der Waals surface area contributed by atoms with Gasteiger partial charge in [-0.15, -0.1) is 0 Å². The Morgan fingerprint density at radius 1 is 1.42 bits per heavy atom. The first kappa shape index (κ1) is 21.0. The van der Waals surface area contributed by atoms with E-state index in [1.807, 2.05) is 26.0 Å². The number of nitrogens with two attached hydrogens (primary N) is 1. The molecule has 4 N–H and O–H groups in total. The van der Waals surface area contributed by atoms with Crippen LogP contribution < -0.4 is 15.7 Å². The molecule has 1 aliphatic carbocycles. The van der Waals surface area contributed by atoms with E-state index in [1.165, 1.54) is 0 Å². The molecule has 0 radical (unpaired) electrons. The third kappa shape index (κ3) is 3.79. The Bertz CT molecular complexity index is 1090. The van der Waals surface area contributed by atoms with Gasteiger partial charge in [0, 0.05) is 17.4 Å². The largest absolute Gasteiger partial charge is 0.556 e. The van der Waals surface area contributed by atoms with E-state index in [0.29, 0.717) is 18.0 Å².